The first-order chi connectivity index (χ1) is 7.91. The second-order valence-electron chi connectivity index (χ2n) is 6.04. The molecule has 0 aliphatic carbocycles. The quantitative estimate of drug-likeness (QED) is 0.621. The van der Waals surface area contributed by atoms with E-state index in [1.54, 1.807) is 0 Å². The fourth-order valence-electron chi connectivity index (χ4n) is 2.36. The molecule has 0 bridgehead atoms. The number of hydrogen-bond donors (Lipinski definition) is 1. The number of thioether (sulfide) groups is 1. The maximum absolute atomic E-state index is 6.05. The van der Waals surface area contributed by atoms with Gasteiger partial charge in [0.1, 0.15) is 0 Å². The number of guanidine groups is 1. The van der Waals surface area contributed by atoms with Gasteiger partial charge in [0, 0.05) is 31.1 Å². The molecule has 0 aromatic carbocycles. The van der Waals surface area contributed by atoms with Crippen molar-refractivity contribution in [1.29, 1.82) is 0 Å². The molecular formula is C13H27N3S. The number of rotatable bonds is 4. The highest BCUT2D eigenvalue weighted by Gasteiger charge is 2.20. The molecule has 1 aliphatic rings. The second kappa shape index (κ2) is 6.53. The summed E-state index contributed by atoms with van der Waals surface area (Å²) in [6.07, 6.45) is 1.19. The third-order valence-corrected chi connectivity index (χ3v) is 3.91. The van der Waals surface area contributed by atoms with Gasteiger partial charge in [-0.05, 0) is 17.8 Å². The summed E-state index contributed by atoms with van der Waals surface area (Å²) in [4.78, 5) is 6.79. The Hall–Kier alpha value is -0.380. The van der Waals surface area contributed by atoms with E-state index in [0.29, 0.717) is 5.92 Å². The smallest absolute Gasteiger partial charge is 0.191 e. The molecule has 0 radical (unpaired) electrons. The monoisotopic (exact) mass is 257 g/mol. The average molecular weight is 257 g/mol. The van der Waals surface area contributed by atoms with E-state index in [0.717, 1.165) is 25.6 Å². The molecular weight excluding hydrogens is 230 g/mol. The van der Waals surface area contributed by atoms with Crippen LogP contribution in [-0.4, -0.2) is 42.0 Å². The van der Waals surface area contributed by atoms with Crippen molar-refractivity contribution in [1.82, 2.24) is 4.90 Å². The van der Waals surface area contributed by atoms with Crippen LogP contribution in [0.2, 0.25) is 0 Å². The van der Waals surface area contributed by atoms with Crippen LogP contribution in [0.15, 0.2) is 4.99 Å². The summed E-state index contributed by atoms with van der Waals surface area (Å²) in [6.45, 7) is 12.0. The summed E-state index contributed by atoms with van der Waals surface area (Å²) in [7, 11) is 0. The third-order valence-electron chi connectivity index (χ3n) is 2.96. The van der Waals surface area contributed by atoms with E-state index in [1.807, 2.05) is 11.8 Å². The van der Waals surface area contributed by atoms with Crippen molar-refractivity contribution in [3.63, 3.8) is 0 Å². The zero-order chi connectivity index (χ0) is 12.9. The van der Waals surface area contributed by atoms with Crippen LogP contribution >= 0.6 is 11.8 Å². The SMILES string of the molecule is CC(C)CC(C)(C)CN=C(N)N1CCSCC1. The van der Waals surface area contributed by atoms with Gasteiger partial charge in [0.15, 0.2) is 5.96 Å². The standard InChI is InChI=1S/C13H27N3S/c1-11(2)9-13(3,4)10-15-12(14)16-5-7-17-8-6-16/h11H,5-10H2,1-4H3,(H2,14,15). The summed E-state index contributed by atoms with van der Waals surface area (Å²) in [5, 5.41) is 0. The van der Waals surface area contributed by atoms with E-state index in [9.17, 15) is 0 Å². The fraction of sp³-hybridized carbons (Fsp3) is 0.923. The Bertz CT molecular complexity index is 255. The van der Waals surface area contributed by atoms with Crippen LogP contribution in [0.5, 0.6) is 0 Å². The first-order valence-corrected chi connectivity index (χ1v) is 7.69. The molecule has 0 unspecified atom stereocenters. The van der Waals surface area contributed by atoms with Crippen LogP contribution in [0.1, 0.15) is 34.1 Å². The first kappa shape index (κ1) is 14.7. The van der Waals surface area contributed by atoms with Gasteiger partial charge >= 0.3 is 0 Å². The Balaban J connectivity index is 2.45. The highest BCUT2D eigenvalue weighted by molar-refractivity contribution is 7.99. The lowest BCUT2D eigenvalue weighted by Crippen LogP contribution is -2.43. The topological polar surface area (TPSA) is 41.6 Å². The van der Waals surface area contributed by atoms with Gasteiger partial charge in [-0.2, -0.15) is 11.8 Å². The largest absolute Gasteiger partial charge is 0.370 e. The molecule has 100 valence electrons. The van der Waals surface area contributed by atoms with Gasteiger partial charge in [-0.1, -0.05) is 27.7 Å². The van der Waals surface area contributed by atoms with Crippen molar-refractivity contribution in [3.05, 3.63) is 0 Å². The number of aliphatic imine (C=N–C) groups is 1. The zero-order valence-electron chi connectivity index (χ0n) is 11.7. The van der Waals surface area contributed by atoms with Crippen molar-refractivity contribution < 1.29 is 0 Å². The molecule has 0 atom stereocenters. The minimum absolute atomic E-state index is 0.253. The van der Waals surface area contributed by atoms with Gasteiger partial charge in [-0.15, -0.1) is 0 Å². The maximum Gasteiger partial charge on any atom is 0.191 e. The van der Waals surface area contributed by atoms with E-state index in [-0.39, 0.29) is 5.41 Å². The van der Waals surface area contributed by atoms with Gasteiger partial charge in [-0.3, -0.25) is 4.99 Å². The van der Waals surface area contributed by atoms with Gasteiger partial charge in [0.05, 0.1) is 0 Å². The molecule has 0 amide bonds. The minimum Gasteiger partial charge on any atom is -0.370 e. The van der Waals surface area contributed by atoms with Crippen molar-refractivity contribution >= 4 is 17.7 Å². The van der Waals surface area contributed by atoms with Crippen molar-refractivity contribution in [3.8, 4) is 0 Å². The summed E-state index contributed by atoms with van der Waals surface area (Å²) in [5.74, 6) is 3.80. The Morgan fingerprint density at radius 1 is 1.35 bits per heavy atom. The molecule has 1 saturated heterocycles. The predicted octanol–water partition coefficient (Wildman–Crippen LogP) is 2.42. The summed E-state index contributed by atoms with van der Waals surface area (Å²) >= 11 is 2.00. The number of nitrogens with zero attached hydrogens (tertiary/aromatic N) is 2. The van der Waals surface area contributed by atoms with E-state index in [2.05, 4.69) is 37.6 Å². The van der Waals surface area contributed by atoms with Crippen LogP contribution in [0.4, 0.5) is 0 Å². The lowest BCUT2D eigenvalue weighted by atomic mass is 9.84. The average Bonchev–Trinajstić information content (AvgIpc) is 2.25. The maximum atomic E-state index is 6.05. The van der Waals surface area contributed by atoms with Crippen molar-refractivity contribution in [2.75, 3.05) is 31.1 Å². The Labute approximate surface area is 110 Å². The molecule has 0 spiro atoms. The Kier molecular flexibility index (Phi) is 5.63. The molecule has 4 heteroatoms. The minimum atomic E-state index is 0.253. The molecule has 1 heterocycles. The molecule has 1 rings (SSSR count). The third kappa shape index (κ3) is 5.66. The number of hydrogen-bond acceptors (Lipinski definition) is 2. The van der Waals surface area contributed by atoms with Crippen LogP contribution in [0.25, 0.3) is 0 Å². The summed E-state index contributed by atoms with van der Waals surface area (Å²) < 4.78 is 0. The van der Waals surface area contributed by atoms with E-state index >= 15 is 0 Å². The lowest BCUT2D eigenvalue weighted by Gasteiger charge is -2.29. The van der Waals surface area contributed by atoms with Crippen LogP contribution < -0.4 is 5.73 Å². The van der Waals surface area contributed by atoms with Gasteiger partial charge in [0.2, 0.25) is 0 Å². The normalized spacial score (nSPS) is 18.9. The molecule has 3 nitrogen and oxygen atoms in total. The molecule has 2 N–H and O–H groups in total. The van der Waals surface area contributed by atoms with E-state index in [1.165, 1.54) is 17.9 Å². The first-order valence-electron chi connectivity index (χ1n) is 6.53. The fourth-order valence-corrected chi connectivity index (χ4v) is 3.26. The predicted molar refractivity (Wildman–Crippen MR) is 78.6 cm³/mol. The van der Waals surface area contributed by atoms with Crippen LogP contribution in [-0.2, 0) is 0 Å². The molecule has 0 saturated carbocycles. The zero-order valence-corrected chi connectivity index (χ0v) is 12.5. The molecule has 1 fully saturated rings. The molecule has 1 aliphatic heterocycles. The van der Waals surface area contributed by atoms with E-state index in [4.69, 9.17) is 5.73 Å². The van der Waals surface area contributed by atoms with Crippen LogP contribution in [0.3, 0.4) is 0 Å². The van der Waals surface area contributed by atoms with Gasteiger partial charge in [0.25, 0.3) is 0 Å². The highest BCUT2D eigenvalue weighted by atomic mass is 32.2. The Morgan fingerprint density at radius 3 is 2.47 bits per heavy atom. The van der Waals surface area contributed by atoms with Crippen molar-refractivity contribution in [2.45, 2.75) is 34.1 Å². The second-order valence-corrected chi connectivity index (χ2v) is 7.26. The molecule has 17 heavy (non-hydrogen) atoms. The summed E-state index contributed by atoms with van der Waals surface area (Å²) in [5.41, 5.74) is 6.31. The van der Waals surface area contributed by atoms with Gasteiger partial charge < -0.3 is 10.6 Å². The highest BCUT2D eigenvalue weighted by Crippen LogP contribution is 2.25. The van der Waals surface area contributed by atoms with E-state index < -0.39 is 0 Å². The molecule has 0 aromatic heterocycles. The Morgan fingerprint density at radius 2 is 1.94 bits per heavy atom. The van der Waals surface area contributed by atoms with Crippen molar-refractivity contribution in [2.24, 2.45) is 22.1 Å². The molecule has 0 aromatic rings. The van der Waals surface area contributed by atoms with Gasteiger partial charge in [-0.25, -0.2) is 0 Å². The van der Waals surface area contributed by atoms with Crippen LogP contribution in [0, 0.1) is 11.3 Å². The summed E-state index contributed by atoms with van der Waals surface area (Å²) in [6, 6.07) is 0. The number of nitrogens with two attached hydrogens (primary N) is 1. The lowest BCUT2D eigenvalue weighted by molar-refractivity contribution is 0.296.